The van der Waals surface area contributed by atoms with Gasteiger partial charge in [0.1, 0.15) is 5.69 Å². The number of ether oxygens (including phenoxy) is 1. The van der Waals surface area contributed by atoms with Gasteiger partial charge >= 0.3 is 0 Å². The monoisotopic (exact) mass is 408 g/mol. The van der Waals surface area contributed by atoms with Crippen LogP contribution in [-0.2, 0) is 11.8 Å². The minimum absolute atomic E-state index is 0.0985. The highest BCUT2D eigenvalue weighted by Crippen LogP contribution is 2.23. The SMILES string of the molecule is Cc1ccc(C(CNC(=O)c2cc(-c3cn(C)nc3C)n[nH]2)N2CCOCC2)cc1. The van der Waals surface area contributed by atoms with Crippen LogP contribution < -0.4 is 5.32 Å². The molecule has 8 nitrogen and oxygen atoms in total. The summed E-state index contributed by atoms with van der Waals surface area (Å²) < 4.78 is 7.25. The number of rotatable bonds is 6. The topological polar surface area (TPSA) is 88.1 Å². The summed E-state index contributed by atoms with van der Waals surface area (Å²) in [7, 11) is 1.87. The molecule has 0 aliphatic carbocycles. The highest BCUT2D eigenvalue weighted by molar-refractivity contribution is 5.93. The Kier molecular flexibility index (Phi) is 5.96. The molecule has 2 N–H and O–H groups in total. The van der Waals surface area contributed by atoms with Gasteiger partial charge in [-0.3, -0.25) is 19.5 Å². The number of aromatic amines is 1. The van der Waals surface area contributed by atoms with E-state index in [9.17, 15) is 4.79 Å². The first-order chi connectivity index (χ1) is 14.5. The van der Waals surface area contributed by atoms with Crippen molar-refractivity contribution in [1.82, 2.24) is 30.2 Å². The molecule has 0 bridgehead atoms. The predicted octanol–water partition coefficient (Wildman–Crippen LogP) is 2.23. The van der Waals surface area contributed by atoms with Crippen LogP contribution in [0.1, 0.15) is 33.4 Å². The number of aromatic nitrogens is 4. The standard InChI is InChI=1S/C22H28N6O2/c1-15-4-6-17(7-5-15)21(28-8-10-30-11-9-28)13-23-22(29)20-12-19(24-25-20)18-14-27(3)26-16(18)2/h4-7,12,14,21H,8-11,13H2,1-3H3,(H,23,29)(H,24,25). The Morgan fingerprint density at radius 3 is 2.63 bits per heavy atom. The molecular formula is C22H28N6O2. The molecule has 158 valence electrons. The average molecular weight is 409 g/mol. The molecule has 3 aromatic rings. The van der Waals surface area contributed by atoms with Gasteiger partial charge in [-0.05, 0) is 25.5 Å². The second kappa shape index (κ2) is 8.81. The molecule has 1 aliphatic heterocycles. The van der Waals surface area contributed by atoms with Gasteiger partial charge in [-0.1, -0.05) is 29.8 Å². The summed E-state index contributed by atoms with van der Waals surface area (Å²) in [5.74, 6) is -0.166. The lowest BCUT2D eigenvalue weighted by Crippen LogP contribution is -2.43. The van der Waals surface area contributed by atoms with Gasteiger partial charge in [0.25, 0.3) is 5.91 Å². The van der Waals surface area contributed by atoms with Crippen LogP contribution in [0.3, 0.4) is 0 Å². The maximum Gasteiger partial charge on any atom is 0.269 e. The van der Waals surface area contributed by atoms with Crippen LogP contribution in [0.5, 0.6) is 0 Å². The number of H-pyrrole nitrogens is 1. The van der Waals surface area contributed by atoms with Gasteiger partial charge in [-0.2, -0.15) is 10.2 Å². The second-order valence-electron chi connectivity index (χ2n) is 7.75. The fraction of sp³-hybridized carbons (Fsp3) is 0.409. The Labute approximate surface area is 176 Å². The third-order valence-corrected chi connectivity index (χ3v) is 5.52. The quantitative estimate of drug-likeness (QED) is 0.653. The average Bonchev–Trinajstić information content (AvgIpc) is 3.36. The molecular weight excluding hydrogens is 380 g/mol. The molecule has 30 heavy (non-hydrogen) atoms. The third kappa shape index (κ3) is 4.44. The Bertz CT molecular complexity index is 1000. The maximum atomic E-state index is 12.8. The first kappa shape index (κ1) is 20.3. The lowest BCUT2D eigenvalue weighted by atomic mass is 10.0. The summed E-state index contributed by atoms with van der Waals surface area (Å²) in [5, 5.41) is 14.6. The van der Waals surface area contributed by atoms with Crippen molar-refractivity contribution in [3.8, 4) is 11.3 Å². The Hall–Kier alpha value is -2.97. The van der Waals surface area contributed by atoms with E-state index in [-0.39, 0.29) is 11.9 Å². The zero-order chi connectivity index (χ0) is 21.1. The van der Waals surface area contributed by atoms with Gasteiger partial charge in [0.2, 0.25) is 0 Å². The summed E-state index contributed by atoms with van der Waals surface area (Å²) in [6, 6.07) is 10.4. The number of hydrogen-bond acceptors (Lipinski definition) is 5. The number of aryl methyl sites for hydroxylation is 3. The number of nitrogens with one attached hydrogen (secondary N) is 2. The van der Waals surface area contributed by atoms with Gasteiger partial charge in [0.05, 0.1) is 30.6 Å². The fourth-order valence-corrected chi connectivity index (χ4v) is 3.85. The molecule has 0 saturated carbocycles. The minimum atomic E-state index is -0.166. The molecule has 1 fully saturated rings. The number of amides is 1. The predicted molar refractivity (Wildman–Crippen MR) is 114 cm³/mol. The largest absolute Gasteiger partial charge is 0.379 e. The van der Waals surface area contributed by atoms with E-state index >= 15 is 0 Å². The van der Waals surface area contributed by atoms with Crippen molar-refractivity contribution in [1.29, 1.82) is 0 Å². The maximum absolute atomic E-state index is 12.8. The smallest absolute Gasteiger partial charge is 0.269 e. The second-order valence-corrected chi connectivity index (χ2v) is 7.75. The van der Waals surface area contributed by atoms with Crippen LogP contribution in [0.15, 0.2) is 36.5 Å². The van der Waals surface area contributed by atoms with E-state index in [4.69, 9.17) is 4.74 Å². The Balaban J connectivity index is 1.47. The zero-order valence-corrected chi connectivity index (χ0v) is 17.7. The van der Waals surface area contributed by atoms with E-state index in [1.165, 1.54) is 11.1 Å². The molecule has 1 unspecified atom stereocenters. The molecule has 4 rings (SSSR count). The number of benzene rings is 1. The number of morpholine rings is 1. The highest BCUT2D eigenvalue weighted by atomic mass is 16.5. The van der Waals surface area contributed by atoms with Crippen LogP contribution in [0, 0.1) is 13.8 Å². The fourth-order valence-electron chi connectivity index (χ4n) is 3.85. The van der Waals surface area contributed by atoms with Crippen molar-refractivity contribution in [2.24, 2.45) is 7.05 Å². The van der Waals surface area contributed by atoms with E-state index in [1.807, 2.05) is 20.2 Å². The number of hydrogen-bond donors (Lipinski definition) is 2. The molecule has 1 atom stereocenters. The number of carbonyl (C=O) groups is 1. The summed E-state index contributed by atoms with van der Waals surface area (Å²) in [4.78, 5) is 15.2. The minimum Gasteiger partial charge on any atom is -0.379 e. The van der Waals surface area contributed by atoms with Crippen LogP contribution in [0.25, 0.3) is 11.3 Å². The highest BCUT2D eigenvalue weighted by Gasteiger charge is 2.24. The summed E-state index contributed by atoms with van der Waals surface area (Å²) in [5.41, 5.74) is 5.37. The molecule has 1 amide bonds. The van der Waals surface area contributed by atoms with Crippen molar-refractivity contribution in [3.63, 3.8) is 0 Å². The lowest BCUT2D eigenvalue weighted by molar-refractivity contribution is 0.0162. The molecule has 1 saturated heterocycles. The molecule has 1 aromatic carbocycles. The van der Waals surface area contributed by atoms with Gasteiger partial charge in [-0.15, -0.1) is 0 Å². The number of carbonyl (C=O) groups excluding carboxylic acids is 1. The van der Waals surface area contributed by atoms with Gasteiger partial charge < -0.3 is 10.1 Å². The molecule has 3 heterocycles. The van der Waals surface area contributed by atoms with Crippen LogP contribution in [0.4, 0.5) is 0 Å². The molecule has 0 spiro atoms. The molecule has 1 aliphatic rings. The Morgan fingerprint density at radius 2 is 1.97 bits per heavy atom. The first-order valence-electron chi connectivity index (χ1n) is 10.2. The van der Waals surface area contributed by atoms with E-state index in [0.29, 0.717) is 31.1 Å². The molecule has 0 radical (unpaired) electrons. The molecule has 8 heteroatoms. The summed E-state index contributed by atoms with van der Waals surface area (Å²) in [6.45, 7) is 7.65. The van der Waals surface area contributed by atoms with Crippen molar-refractivity contribution >= 4 is 5.91 Å². The van der Waals surface area contributed by atoms with E-state index in [2.05, 4.69) is 56.7 Å². The first-order valence-corrected chi connectivity index (χ1v) is 10.2. The van der Waals surface area contributed by atoms with Crippen molar-refractivity contribution in [2.45, 2.75) is 19.9 Å². The van der Waals surface area contributed by atoms with Crippen LogP contribution >= 0.6 is 0 Å². The van der Waals surface area contributed by atoms with Crippen LogP contribution in [-0.4, -0.2) is 63.6 Å². The van der Waals surface area contributed by atoms with Crippen LogP contribution in [0.2, 0.25) is 0 Å². The van der Waals surface area contributed by atoms with Gasteiger partial charge in [0, 0.05) is 38.4 Å². The van der Waals surface area contributed by atoms with E-state index in [1.54, 1.807) is 10.7 Å². The van der Waals surface area contributed by atoms with Crippen molar-refractivity contribution in [2.75, 3.05) is 32.8 Å². The normalized spacial score (nSPS) is 15.8. The number of nitrogens with zero attached hydrogens (tertiary/aromatic N) is 4. The van der Waals surface area contributed by atoms with E-state index in [0.717, 1.165) is 24.3 Å². The molecule has 2 aromatic heterocycles. The summed E-state index contributed by atoms with van der Waals surface area (Å²) >= 11 is 0. The van der Waals surface area contributed by atoms with Crippen molar-refractivity contribution in [3.05, 3.63) is 59.0 Å². The van der Waals surface area contributed by atoms with Gasteiger partial charge in [-0.25, -0.2) is 0 Å². The van der Waals surface area contributed by atoms with Crippen molar-refractivity contribution < 1.29 is 9.53 Å². The third-order valence-electron chi connectivity index (χ3n) is 5.52. The zero-order valence-electron chi connectivity index (χ0n) is 17.7. The lowest BCUT2D eigenvalue weighted by Gasteiger charge is -2.35. The van der Waals surface area contributed by atoms with Gasteiger partial charge in [0.15, 0.2) is 0 Å². The van der Waals surface area contributed by atoms with E-state index < -0.39 is 0 Å². The Morgan fingerprint density at radius 1 is 1.23 bits per heavy atom. The summed E-state index contributed by atoms with van der Waals surface area (Å²) in [6.07, 6.45) is 1.90.